The Bertz CT molecular complexity index is 360. The number of anilines is 1. The minimum Gasteiger partial charge on any atom is -0.494 e. The smallest absolute Gasteiger partial charge is 0.119 e. The molecule has 1 N–H and O–H groups in total. The van der Waals surface area contributed by atoms with Crippen LogP contribution in [-0.2, 0) is 0 Å². The SMILES string of the molecule is CCOc1ccc(NC2CCCC(CC)CC2)cc1. The monoisotopic (exact) mass is 261 g/mol. The molecule has 0 aromatic heterocycles. The van der Waals surface area contributed by atoms with Gasteiger partial charge in [-0.3, -0.25) is 0 Å². The molecule has 1 fully saturated rings. The lowest BCUT2D eigenvalue weighted by Crippen LogP contribution is -2.18. The standard InChI is InChI=1S/C17H27NO/c1-3-14-6-5-7-15(9-8-14)18-16-10-12-17(13-11-16)19-4-2/h10-15,18H,3-9H2,1-2H3. The number of hydrogen-bond donors (Lipinski definition) is 1. The average Bonchev–Trinajstić information content (AvgIpc) is 2.66. The van der Waals surface area contributed by atoms with Gasteiger partial charge in [0.15, 0.2) is 0 Å². The van der Waals surface area contributed by atoms with Gasteiger partial charge in [0.25, 0.3) is 0 Å². The molecule has 1 aliphatic carbocycles. The largest absolute Gasteiger partial charge is 0.494 e. The van der Waals surface area contributed by atoms with E-state index in [0.717, 1.165) is 18.3 Å². The molecule has 1 aromatic carbocycles. The molecular formula is C17H27NO. The summed E-state index contributed by atoms with van der Waals surface area (Å²) in [6.45, 7) is 5.07. The summed E-state index contributed by atoms with van der Waals surface area (Å²) in [6.07, 6.45) is 8.13. The molecule has 0 saturated heterocycles. The van der Waals surface area contributed by atoms with Crippen LogP contribution in [0.3, 0.4) is 0 Å². The number of nitrogens with one attached hydrogen (secondary N) is 1. The molecule has 2 unspecified atom stereocenters. The lowest BCUT2D eigenvalue weighted by molar-refractivity contribution is 0.340. The summed E-state index contributed by atoms with van der Waals surface area (Å²) in [5, 5.41) is 3.68. The Kier molecular flexibility index (Phi) is 5.56. The van der Waals surface area contributed by atoms with Crippen molar-refractivity contribution in [2.45, 2.75) is 58.4 Å². The molecule has 2 atom stereocenters. The number of ether oxygens (including phenoxy) is 1. The van der Waals surface area contributed by atoms with Gasteiger partial charge in [-0.15, -0.1) is 0 Å². The first-order valence-corrected chi connectivity index (χ1v) is 7.81. The van der Waals surface area contributed by atoms with Crippen molar-refractivity contribution in [1.82, 2.24) is 0 Å². The molecule has 2 rings (SSSR count). The van der Waals surface area contributed by atoms with Gasteiger partial charge in [-0.25, -0.2) is 0 Å². The van der Waals surface area contributed by atoms with Crippen molar-refractivity contribution >= 4 is 5.69 Å². The molecular weight excluding hydrogens is 234 g/mol. The zero-order chi connectivity index (χ0) is 13.5. The van der Waals surface area contributed by atoms with Crippen molar-refractivity contribution in [2.75, 3.05) is 11.9 Å². The highest BCUT2D eigenvalue weighted by molar-refractivity contribution is 5.47. The highest BCUT2D eigenvalue weighted by Gasteiger charge is 2.17. The highest BCUT2D eigenvalue weighted by atomic mass is 16.5. The predicted molar refractivity (Wildman–Crippen MR) is 81.9 cm³/mol. The van der Waals surface area contributed by atoms with Gasteiger partial charge in [-0.1, -0.05) is 26.2 Å². The summed E-state index contributed by atoms with van der Waals surface area (Å²) < 4.78 is 5.47. The van der Waals surface area contributed by atoms with Crippen LogP contribution in [0.25, 0.3) is 0 Å². The van der Waals surface area contributed by atoms with Gasteiger partial charge >= 0.3 is 0 Å². The maximum Gasteiger partial charge on any atom is 0.119 e. The number of benzene rings is 1. The van der Waals surface area contributed by atoms with E-state index in [2.05, 4.69) is 36.5 Å². The fourth-order valence-corrected chi connectivity index (χ4v) is 2.98. The van der Waals surface area contributed by atoms with E-state index in [1.54, 1.807) is 0 Å². The zero-order valence-electron chi connectivity index (χ0n) is 12.3. The molecule has 2 heteroatoms. The first-order valence-electron chi connectivity index (χ1n) is 7.81. The second-order valence-corrected chi connectivity index (χ2v) is 5.58. The molecule has 1 aromatic rings. The third kappa shape index (κ3) is 4.45. The van der Waals surface area contributed by atoms with E-state index in [4.69, 9.17) is 4.74 Å². The summed E-state index contributed by atoms with van der Waals surface area (Å²) in [4.78, 5) is 0. The Hall–Kier alpha value is -1.18. The van der Waals surface area contributed by atoms with Crippen molar-refractivity contribution in [3.8, 4) is 5.75 Å². The van der Waals surface area contributed by atoms with Gasteiger partial charge < -0.3 is 10.1 Å². The second-order valence-electron chi connectivity index (χ2n) is 5.58. The van der Waals surface area contributed by atoms with E-state index in [1.165, 1.54) is 44.2 Å². The fourth-order valence-electron chi connectivity index (χ4n) is 2.98. The molecule has 1 aliphatic rings. The Balaban J connectivity index is 1.86. The van der Waals surface area contributed by atoms with Crippen molar-refractivity contribution in [2.24, 2.45) is 5.92 Å². The van der Waals surface area contributed by atoms with Crippen LogP contribution in [0.2, 0.25) is 0 Å². The summed E-state index contributed by atoms with van der Waals surface area (Å²) in [5.74, 6) is 1.91. The second kappa shape index (κ2) is 7.42. The van der Waals surface area contributed by atoms with Gasteiger partial charge in [0.2, 0.25) is 0 Å². The maximum absolute atomic E-state index is 5.47. The summed E-state index contributed by atoms with van der Waals surface area (Å²) in [7, 11) is 0. The maximum atomic E-state index is 5.47. The summed E-state index contributed by atoms with van der Waals surface area (Å²) in [5.41, 5.74) is 1.23. The molecule has 1 saturated carbocycles. The van der Waals surface area contributed by atoms with E-state index in [1.807, 2.05) is 6.92 Å². The van der Waals surface area contributed by atoms with E-state index in [9.17, 15) is 0 Å². The topological polar surface area (TPSA) is 21.3 Å². The molecule has 0 aliphatic heterocycles. The third-order valence-electron chi connectivity index (χ3n) is 4.20. The van der Waals surface area contributed by atoms with E-state index < -0.39 is 0 Å². The van der Waals surface area contributed by atoms with Crippen LogP contribution >= 0.6 is 0 Å². The van der Waals surface area contributed by atoms with Crippen LogP contribution in [0.4, 0.5) is 5.69 Å². The van der Waals surface area contributed by atoms with E-state index in [-0.39, 0.29) is 0 Å². The Morgan fingerprint density at radius 1 is 1.05 bits per heavy atom. The third-order valence-corrected chi connectivity index (χ3v) is 4.20. The zero-order valence-corrected chi connectivity index (χ0v) is 12.3. The molecule has 0 heterocycles. The van der Waals surface area contributed by atoms with Crippen molar-refractivity contribution in [3.05, 3.63) is 24.3 Å². The van der Waals surface area contributed by atoms with Crippen LogP contribution in [0.15, 0.2) is 24.3 Å². The number of hydrogen-bond acceptors (Lipinski definition) is 2. The van der Waals surface area contributed by atoms with Gasteiger partial charge in [0.1, 0.15) is 5.75 Å². The minimum absolute atomic E-state index is 0.648. The van der Waals surface area contributed by atoms with Crippen LogP contribution in [0, 0.1) is 5.92 Å². The molecule has 0 spiro atoms. The minimum atomic E-state index is 0.648. The number of rotatable bonds is 5. The van der Waals surface area contributed by atoms with Crippen LogP contribution in [0.5, 0.6) is 5.75 Å². The fraction of sp³-hybridized carbons (Fsp3) is 0.647. The average molecular weight is 261 g/mol. The first-order chi connectivity index (χ1) is 9.31. The normalized spacial score (nSPS) is 23.7. The molecule has 106 valence electrons. The van der Waals surface area contributed by atoms with Gasteiger partial charge in [-0.2, -0.15) is 0 Å². The van der Waals surface area contributed by atoms with Crippen LogP contribution < -0.4 is 10.1 Å². The van der Waals surface area contributed by atoms with Crippen molar-refractivity contribution < 1.29 is 4.74 Å². The van der Waals surface area contributed by atoms with Crippen LogP contribution in [-0.4, -0.2) is 12.6 Å². The van der Waals surface area contributed by atoms with E-state index >= 15 is 0 Å². The molecule has 19 heavy (non-hydrogen) atoms. The quantitative estimate of drug-likeness (QED) is 0.764. The van der Waals surface area contributed by atoms with Gasteiger partial charge in [-0.05, 0) is 56.4 Å². The Morgan fingerprint density at radius 2 is 1.84 bits per heavy atom. The van der Waals surface area contributed by atoms with Crippen molar-refractivity contribution in [1.29, 1.82) is 0 Å². The van der Waals surface area contributed by atoms with Crippen LogP contribution in [0.1, 0.15) is 52.4 Å². The predicted octanol–water partition coefficient (Wildman–Crippen LogP) is 4.86. The highest BCUT2D eigenvalue weighted by Crippen LogP contribution is 2.27. The first kappa shape index (κ1) is 14.2. The van der Waals surface area contributed by atoms with Crippen molar-refractivity contribution in [3.63, 3.8) is 0 Å². The Labute approximate surface area is 117 Å². The molecule has 0 bridgehead atoms. The molecule has 0 radical (unpaired) electrons. The molecule has 0 amide bonds. The summed E-state index contributed by atoms with van der Waals surface area (Å²) in [6, 6.07) is 9.02. The van der Waals surface area contributed by atoms with E-state index in [0.29, 0.717) is 6.04 Å². The lowest BCUT2D eigenvalue weighted by Gasteiger charge is -2.18. The van der Waals surface area contributed by atoms with Gasteiger partial charge in [0, 0.05) is 11.7 Å². The lowest BCUT2D eigenvalue weighted by atomic mass is 9.98. The Morgan fingerprint density at radius 3 is 2.53 bits per heavy atom. The summed E-state index contributed by atoms with van der Waals surface area (Å²) >= 11 is 0. The van der Waals surface area contributed by atoms with Gasteiger partial charge in [0.05, 0.1) is 6.61 Å². The molecule has 2 nitrogen and oxygen atoms in total.